The second kappa shape index (κ2) is 7.80. The highest BCUT2D eigenvalue weighted by atomic mass is 79.9. The van der Waals surface area contributed by atoms with Gasteiger partial charge in [0, 0.05) is 21.1 Å². The number of hydrogen-bond acceptors (Lipinski definition) is 2. The van der Waals surface area contributed by atoms with Crippen LogP contribution in [0.1, 0.15) is 27.0 Å². The van der Waals surface area contributed by atoms with E-state index in [-0.39, 0.29) is 5.91 Å². The summed E-state index contributed by atoms with van der Waals surface area (Å²) >= 11 is 3.56. The fraction of sp³-hybridized carbons (Fsp3) is 0.120. The van der Waals surface area contributed by atoms with Crippen LogP contribution in [0.3, 0.4) is 0 Å². The Morgan fingerprint density at radius 1 is 0.862 bits per heavy atom. The molecule has 0 atom stereocenters. The number of para-hydroxylation sites is 1. The van der Waals surface area contributed by atoms with Gasteiger partial charge >= 0.3 is 0 Å². The smallest absolute Gasteiger partial charge is 0.256 e. The van der Waals surface area contributed by atoms with E-state index >= 15 is 0 Å². The summed E-state index contributed by atoms with van der Waals surface area (Å²) in [5.41, 5.74) is 7.17. The SMILES string of the molecule is Cc1cccc(C)c1NC(=O)c1cc(-c2ccccc2)nc2c(C)cc(Br)cc12. The second-order valence-corrected chi connectivity index (χ2v) is 8.18. The number of anilines is 1. The van der Waals surface area contributed by atoms with Crippen molar-refractivity contribution in [2.45, 2.75) is 20.8 Å². The number of carbonyl (C=O) groups excluding carboxylic acids is 1. The van der Waals surface area contributed by atoms with Gasteiger partial charge in [0.2, 0.25) is 0 Å². The van der Waals surface area contributed by atoms with Crippen molar-refractivity contribution in [2.75, 3.05) is 5.32 Å². The van der Waals surface area contributed by atoms with E-state index in [2.05, 4.69) is 21.2 Å². The molecule has 144 valence electrons. The van der Waals surface area contributed by atoms with Crippen molar-refractivity contribution < 1.29 is 4.79 Å². The number of nitrogens with zero attached hydrogens (tertiary/aromatic N) is 1. The first-order valence-corrected chi connectivity index (χ1v) is 10.3. The largest absolute Gasteiger partial charge is 0.321 e. The number of nitrogens with one attached hydrogen (secondary N) is 1. The molecule has 1 heterocycles. The third-order valence-corrected chi connectivity index (χ3v) is 5.56. The number of hydrogen-bond donors (Lipinski definition) is 1. The van der Waals surface area contributed by atoms with Crippen molar-refractivity contribution in [2.24, 2.45) is 0 Å². The van der Waals surface area contributed by atoms with Crippen molar-refractivity contribution in [3.63, 3.8) is 0 Å². The fourth-order valence-electron chi connectivity index (χ4n) is 3.59. The average molecular weight is 445 g/mol. The monoisotopic (exact) mass is 444 g/mol. The van der Waals surface area contributed by atoms with Gasteiger partial charge in [0.25, 0.3) is 5.91 Å². The minimum atomic E-state index is -0.135. The number of aryl methyl sites for hydroxylation is 3. The summed E-state index contributed by atoms with van der Waals surface area (Å²) in [6.07, 6.45) is 0. The molecule has 1 amide bonds. The molecule has 0 bridgehead atoms. The molecule has 0 saturated carbocycles. The van der Waals surface area contributed by atoms with Gasteiger partial charge in [-0.2, -0.15) is 0 Å². The van der Waals surface area contributed by atoms with Crippen molar-refractivity contribution in [1.29, 1.82) is 0 Å². The van der Waals surface area contributed by atoms with Gasteiger partial charge in [0.15, 0.2) is 0 Å². The Morgan fingerprint density at radius 3 is 2.24 bits per heavy atom. The van der Waals surface area contributed by atoms with Crippen LogP contribution in [-0.2, 0) is 0 Å². The first-order valence-electron chi connectivity index (χ1n) is 9.48. The number of halogens is 1. The number of aromatic nitrogens is 1. The summed E-state index contributed by atoms with van der Waals surface area (Å²) in [6.45, 7) is 6.02. The third-order valence-electron chi connectivity index (χ3n) is 5.10. The summed E-state index contributed by atoms with van der Waals surface area (Å²) in [5, 5.41) is 3.96. The molecule has 1 aromatic heterocycles. The van der Waals surface area contributed by atoms with Crippen LogP contribution < -0.4 is 5.32 Å². The van der Waals surface area contributed by atoms with E-state index in [4.69, 9.17) is 4.98 Å². The Hall–Kier alpha value is -2.98. The maximum atomic E-state index is 13.4. The van der Waals surface area contributed by atoms with Crippen LogP contribution >= 0.6 is 15.9 Å². The van der Waals surface area contributed by atoms with E-state index in [1.54, 1.807) is 0 Å². The zero-order chi connectivity index (χ0) is 20.5. The van der Waals surface area contributed by atoms with E-state index < -0.39 is 0 Å². The highest BCUT2D eigenvalue weighted by Gasteiger charge is 2.17. The van der Waals surface area contributed by atoms with Gasteiger partial charge in [0.1, 0.15) is 0 Å². The van der Waals surface area contributed by atoms with E-state index in [9.17, 15) is 4.79 Å². The molecular formula is C25H21BrN2O. The maximum absolute atomic E-state index is 13.4. The van der Waals surface area contributed by atoms with Gasteiger partial charge in [-0.25, -0.2) is 4.98 Å². The highest BCUT2D eigenvalue weighted by molar-refractivity contribution is 9.10. The number of fused-ring (bicyclic) bond motifs is 1. The molecule has 0 radical (unpaired) electrons. The quantitative estimate of drug-likeness (QED) is 0.375. The second-order valence-electron chi connectivity index (χ2n) is 7.26. The minimum Gasteiger partial charge on any atom is -0.321 e. The van der Waals surface area contributed by atoms with E-state index in [1.165, 1.54) is 0 Å². The maximum Gasteiger partial charge on any atom is 0.256 e. The van der Waals surface area contributed by atoms with E-state index in [0.29, 0.717) is 5.56 Å². The van der Waals surface area contributed by atoms with Gasteiger partial charge in [-0.1, -0.05) is 64.5 Å². The van der Waals surface area contributed by atoms with Crippen molar-refractivity contribution in [1.82, 2.24) is 4.98 Å². The van der Waals surface area contributed by atoms with E-state index in [0.717, 1.165) is 49.0 Å². The molecule has 3 aromatic carbocycles. The summed E-state index contributed by atoms with van der Waals surface area (Å²) in [7, 11) is 0. The normalized spacial score (nSPS) is 10.9. The number of rotatable bonds is 3. The molecule has 29 heavy (non-hydrogen) atoms. The Morgan fingerprint density at radius 2 is 1.55 bits per heavy atom. The van der Waals surface area contributed by atoms with Crippen LogP contribution in [0.25, 0.3) is 22.2 Å². The molecule has 0 aliphatic carbocycles. The van der Waals surface area contributed by atoms with Crippen LogP contribution in [0.2, 0.25) is 0 Å². The molecular weight excluding hydrogens is 424 g/mol. The third kappa shape index (κ3) is 3.81. The van der Waals surface area contributed by atoms with Gasteiger partial charge in [-0.05, 0) is 55.7 Å². The topological polar surface area (TPSA) is 42.0 Å². The van der Waals surface area contributed by atoms with Crippen LogP contribution in [0.5, 0.6) is 0 Å². The lowest BCUT2D eigenvalue weighted by Crippen LogP contribution is -2.15. The average Bonchev–Trinajstić information content (AvgIpc) is 2.70. The van der Waals surface area contributed by atoms with Gasteiger partial charge in [-0.15, -0.1) is 0 Å². The molecule has 3 nitrogen and oxygen atoms in total. The van der Waals surface area contributed by atoms with Gasteiger partial charge < -0.3 is 5.32 Å². The summed E-state index contributed by atoms with van der Waals surface area (Å²) in [5.74, 6) is -0.135. The Bertz CT molecular complexity index is 1210. The molecule has 0 fully saturated rings. The lowest BCUT2D eigenvalue weighted by atomic mass is 10.0. The summed E-state index contributed by atoms with van der Waals surface area (Å²) < 4.78 is 0.929. The summed E-state index contributed by atoms with van der Waals surface area (Å²) in [6, 6.07) is 21.8. The Kier molecular flexibility index (Phi) is 5.20. The van der Waals surface area contributed by atoms with Crippen LogP contribution in [0.4, 0.5) is 5.69 Å². The first-order chi connectivity index (χ1) is 13.9. The van der Waals surface area contributed by atoms with Gasteiger partial charge in [-0.3, -0.25) is 4.79 Å². The molecule has 0 aliphatic rings. The minimum absolute atomic E-state index is 0.135. The number of benzene rings is 3. The molecule has 1 N–H and O–H groups in total. The number of carbonyl (C=O) groups is 1. The molecule has 0 saturated heterocycles. The van der Waals surface area contributed by atoms with Crippen LogP contribution in [-0.4, -0.2) is 10.9 Å². The predicted molar refractivity (Wildman–Crippen MR) is 123 cm³/mol. The Balaban J connectivity index is 1.91. The fourth-order valence-corrected chi connectivity index (χ4v) is 4.17. The molecule has 0 unspecified atom stereocenters. The standard InChI is InChI=1S/C25H21BrN2O/c1-15-8-7-9-16(2)23(15)28-25(29)21-14-22(18-10-5-4-6-11-18)27-24-17(3)12-19(26)13-20(21)24/h4-14H,1-3H3,(H,28,29). The molecule has 4 heteroatoms. The van der Waals surface area contributed by atoms with Crippen molar-refractivity contribution in [3.8, 4) is 11.3 Å². The molecule has 0 aliphatic heterocycles. The summed E-state index contributed by atoms with van der Waals surface area (Å²) in [4.78, 5) is 18.3. The first kappa shape index (κ1) is 19.3. The lowest BCUT2D eigenvalue weighted by molar-refractivity contribution is 0.102. The van der Waals surface area contributed by atoms with E-state index in [1.807, 2.05) is 87.5 Å². The van der Waals surface area contributed by atoms with Crippen molar-refractivity contribution >= 4 is 38.4 Å². The molecule has 0 spiro atoms. The van der Waals surface area contributed by atoms with Crippen molar-refractivity contribution in [3.05, 3.63) is 93.5 Å². The highest BCUT2D eigenvalue weighted by Crippen LogP contribution is 2.30. The predicted octanol–water partition coefficient (Wildman–Crippen LogP) is 6.84. The zero-order valence-corrected chi connectivity index (χ0v) is 18.2. The molecule has 4 aromatic rings. The molecule has 4 rings (SSSR count). The van der Waals surface area contributed by atoms with Gasteiger partial charge in [0.05, 0.1) is 16.8 Å². The van der Waals surface area contributed by atoms with Crippen LogP contribution in [0, 0.1) is 20.8 Å². The lowest BCUT2D eigenvalue weighted by Gasteiger charge is -2.15. The van der Waals surface area contributed by atoms with Crippen LogP contribution in [0.15, 0.2) is 71.2 Å². The number of amides is 1. The Labute approximate surface area is 178 Å². The zero-order valence-electron chi connectivity index (χ0n) is 16.6. The number of pyridine rings is 1.